The van der Waals surface area contributed by atoms with Crippen LogP contribution in [0, 0.1) is 0 Å². The van der Waals surface area contributed by atoms with Crippen LogP contribution in [0.5, 0.6) is 0 Å². The summed E-state index contributed by atoms with van der Waals surface area (Å²) in [6.45, 7) is 5.79. The van der Waals surface area contributed by atoms with E-state index < -0.39 is 17.7 Å². The van der Waals surface area contributed by atoms with E-state index in [9.17, 15) is 15.1 Å². The molecule has 23 heavy (non-hydrogen) atoms. The Morgan fingerprint density at radius 3 is 2.48 bits per heavy atom. The molecule has 1 atom stereocenters. The van der Waals surface area contributed by atoms with Crippen LogP contribution in [0.2, 0.25) is 0 Å². The van der Waals surface area contributed by atoms with E-state index >= 15 is 0 Å². The molecule has 0 aliphatic rings. The molecule has 0 unspecified atom stereocenters. The zero-order chi connectivity index (χ0) is 17.3. The van der Waals surface area contributed by atoms with Gasteiger partial charge >= 0.3 is 6.09 Å². The van der Waals surface area contributed by atoms with E-state index in [4.69, 9.17) is 9.47 Å². The highest BCUT2D eigenvalue weighted by molar-refractivity contribution is 5.67. The maximum Gasteiger partial charge on any atom is 0.434 e. The molecule has 0 saturated heterocycles. The monoisotopic (exact) mass is 325 g/mol. The molecule has 0 bridgehead atoms. The number of hydrogen-bond acceptors (Lipinski definition) is 5. The molecule has 0 aromatic heterocycles. The summed E-state index contributed by atoms with van der Waals surface area (Å²) in [5.74, 6) is 0. The average molecular weight is 325 g/mol. The van der Waals surface area contributed by atoms with Gasteiger partial charge in [-0.1, -0.05) is 30.3 Å². The smallest absolute Gasteiger partial charge is 0.434 e. The quantitative estimate of drug-likeness (QED) is 0.436. The number of hydrogen-bond donors (Lipinski definition) is 2. The number of ether oxygens (including phenoxy) is 2. The first-order chi connectivity index (χ1) is 10.8. The summed E-state index contributed by atoms with van der Waals surface area (Å²) in [6, 6.07) is 9.10. The van der Waals surface area contributed by atoms with E-state index in [0.717, 1.165) is 5.56 Å². The topological polar surface area (TPSA) is 79.2 Å². The van der Waals surface area contributed by atoms with Gasteiger partial charge in [0.25, 0.3) is 0 Å². The summed E-state index contributed by atoms with van der Waals surface area (Å²) in [5.41, 5.74) is 0.389. The first-order valence-corrected chi connectivity index (χ1v) is 7.77. The van der Waals surface area contributed by atoms with Gasteiger partial charge in [0, 0.05) is 6.61 Å². The predicted molar refractivity (Wildman–Crippen MR) is 86.1 cm³/mol. The van der Waals surface area contributed by atoms with Crippen LogP contribution in [-0.2, 0) is 16.1 Å². The van der Waals surface area contributed by atoms with Crippen molar-refractivity contribution in [3.63, 3.8) is 0 Å². The Balaban J connectivity index is 2.28. The van der Waals surface area contributed by atoms with Gasteiger partial charge in [-0.25, -0.2) is 4.79 Å². The van der Waals surface area contributed by atoms with Crippen molar-refractivity contribution in [2.24, 2.45) is 0 Å². The summed E-state index contributed by atoms with van der Waals surface area (Å²) in [7, 11) is 0. The summed E-state index contributed by atoms with van der Waals surface area (Å²) in [6.07, 6.45) is 0.167. The molecule has 0 aliphatic carbocycles. The van der Waals surface area contributed by atoms with Crippen molar-refractivity contribution in [1.82, 2.24) is 5.06 Å². The zero-order valence-corrected chi connectivity index (χ0v) is 14.1. The summed E-state index contributed by atoms with van der Waals surface area (Å²) in [4.78, 5) is 11.7. The normalized spacial score (nSPS) is 12.7. The van der Waals surface area contributed by atoms with E-state index in [1.54, 1.807) is 20.8 Å². The Morgan fingerprint density at radius 2 is 1.91 bits per heavy atom. The zero-order valence-electron chi connectivity index (χ0n) is 14.1. The highest BCUT2D eigenvalue weighted by Gasteiger charge is 2.26. The first kappa shape index (κ1) is 19.4. The third kappa shape index (κ3) is 7.97. The number of hydroxylamine groups is 2. The van der Waals surface area contributed by atoms with Crippen LogP contribution in [0.25, 0.3) is 0 Å². The molecule has 1 aromatic rings. The van der Waals surface area contributed by atoms with Gasteiger partial charge < -0.3 is 14.6 Å². The minimum absolute atomic E-state index is 0.339. The van der Waals surface area contributed by atoms with Crippen LogP contribution in [0.4, 0.5) is 4.79 Å². The van der Waals surface area contributed by atoms with E-state index in [1.165, 1.54) is 0 Å². The van der Waals surface area contributed by atoms with Crippen LogP contribution >= 0.6 is 0 Å². The molecule has 1 amide bonds. The standard InChI is InChI=1S/C17H27NO5/c1-17(2,3)23-16(20)18(21)15(12-19)10-7-11-22-13-14-8-5-4-6-9-14/h4-6,8-9,15,19,21H,7,10-13H2,1-3H3/t15-/m0/s1. The van der Waals surface area contributed by atoms with Crippen LogP contribution in [0.1, 0.15) is 39.2 Å². The fourth-order valence-electron chi connectivity index (χ4n) is 1.93. The Labute approximate surface area is 137 Å². The maximum atomic E-state index is 11.7. The molecule has 0 radical (unpaired) electrons. The van der Waals surface area contributed by atoms with Crippen LogP contribution in [0.3, 0.4) is 0 Å². The SMILES string of the molecule is CC(C)(C)OC(=O)N(O)[C@H](CO)CCCOCc1ccccc1. The predicted octanol–water partition coefficient (Wildman–Crippen LogP) is 2.97. The molecule has 130 valence electrons. The second-order valence-corrected chi connectivity index (χ2v) is 6.34. The van der Waals surface area contributed by atoms with E-state index in [2.05, 4.69) is 0 Å². The Morgan fingerprint density at radius 1 is 1.26 bits per heavy atom. The molecule has 1 rings (SSSR count). The van der Waals surface area contributed by atoms with Crippen molar-refractivity contribution >= 4 is 6.09 Å². The number of amides is 1. The Hall–Kier alpha value is -1.63. The van der Waals surface area contributed by atoms with Gasteiger partial charge in [0.1, 0.15) is 5.60 Å². The largest absolute Gasteiger partial charge is 0.442 e. The van der Waals surface area contributed by atoms with E-state index in [1.807, 2.05) is 30.3 Å². The average Bonchev–Trinajstić information content (AvgIpc) is 2.49. The lowest BCUT2D eigenvalue weighted by atomic mass is 10.1. The number of nitrogens with zero attached hydrogens (tertiary/aromatic N) is 1. The van der Waals surface area contributed by atoms with Crippen LogP contribution in [0.15, 0.2) is 30.3 Å². The fourth-order valence-corrected chi connectivity index (χ4v) is 1.93. The van der Waals surface area contributed by atoms with Crippen molar-refractivity contribution in [2.75, 3.05) is 13.2 Å². The number of rotatable bonds is 8. The third-order valence-electron chi connectivity index (χ3n) is 3.07. The molecule has 0 fully saturated rings. The Kier molecular flexibility index (Phi) is 8.02. The van der Waals surface area contributed by atoms with Gasteiger partial charge in [-0.2, -0.15) is 5.06 Å². The molecular weight excluding hydrogens is 298 g/mol. The number of aliphatic hydroxyl groups excluding tert-OH is 1. The van der Waals surface area contributed by atoms with Crippen molar-refractivity contribution in [1.29, 1.82) is 0 Å². The van der Waals surface area contributed by atoms with Gasteiger partial charge in [-0.3, -0.25) is 5.21 Å². The number of benzene rings is 1. The van der Waals surface area contributed by atoms with Gasteiger partial charge in [0.05, 0.1) is 19.3 Å². The highest BCUT2D eigenvalue weighted by atomic mass is 16.6. The Bertz CT molecular complexity index is 458. The second kappa shape index (κ2) is 9.50. The van der Waals surface area contributed by atoms with Crippen molar-refractivity contribution in [3.8, 4) is 0 Å². The molecule has 2 N–H and O–H groups in total. The number of aliphatic hydroxyl groups is 1. The van der Waals surface area contributed by atoms with Gasteiger partial charge in [-0.15, -0.1) is 0 Å². The highest BCUT2D eigenvalue weighted by Crippen LogP contribution is 2.13. The number of carbonyl (C=O) groups excluding carboxylic acids is 1. The summed E-state index contributed by atoms with van der Waals surface area (Å²) >= 11 is 0. The molecule has 0 saturated carbocycles. The van der Waals surface area contributed by atoms with E-state index in [0.29, 0.717) is 31.1 Å². The fraction of sp³-hybridized carbons (Fsp3) is 0.588. The summed E-state index contributed by atoms with van der Waals surface area (Å²) in [5, 5.41) is 19.6. The second-order valence-electron chi connectivity index (χ2n) is 6.34. The molecule has 6 heteroatoms. The minimum Gasteiger partial charge on any atom is -0.442 e. The van der Waals surface area contributed by atoms with Crippen molar-refractivity contribution in [3.05, 3.63) is 35.9 Å². The van der Waals surface area contributed by atoms with Crippen LogP contribution in [-0.4, -0.2) is 46.3 Å². The first-order valence-electron chi connectivity index (χ1n) is 7.77. The summed E-state index contributed by atoms with van der Waals surface area (Å²) < 4.78 is 10.6. The molecule has 0 spiro atoms. The molecule has 1 aromatic carbocycles. The van der Waals surface area contributed by atoms with Gasteiger partial charge in [0.2, 0.25) is 0 Å². The van der Waals surface area contributed by atoms with Gasteiger partial charge in [0.15, 0.2) is 0 Å². The molecule has 0 heterocycles. The number of carbonyl (C=O) groups is 1. The van der Waals surface area contributed by atoms with Crippen LogP contribution < -0.4 is 0 Å². The lowest BCUT2D eigenvalue weighted by molar-refractivity contribution is -0.131. The van der Waals surface area contributed by atoms with Crippen molar-refractivity contribution in [2.45, 2.75) is 51.9 Å². The molecule has 0 aliphatic heterocycles. The van der Waals surface area contributed by atoms with E-state index in [-0.39, 0.29) is 6.61 Å². The lowest BCUT2D eigenvalue weighted by Crippen LogP contribution is -2.43. The van der Waals surface area contributed by atoms with Crippen molar-refractivity contribution < 1.29 is 24.6 Å². The third-order valence-corrected chi connectivity index (χ3v) is 3.07. The minimum atomic E-state index is -0.859. The maximum absolute atomic E-state index is 11.7. The van der Waals surface area contributed by atoms with Gasteiger partial charge in [-0.05, 0) is 39.2 Å². The lowest BCUT2D eigenvalue weighted by Gasteiger charge is -2.27. The molecule has 6 nitrogen and oxygen atoms in total. The molecular formula is C17H27NO5.